The van der Waals surface area contributed by atoms with Crippen molar-refractivity contribution in [3.05, 3.63) is 50.3 Å². The Kier molecular flexibility index (Phi) is 4.87. The fourth-order valence-electron chi connectivity index (χ4n) is 1.64. The van der Waals surface area contributed by atoms with Crippen molar-refractivity contribution >= 4 is 12.1 Å². The third-order valence-corrected chi connectivity index (χ3v) is 2.72. The minimum Gasteiger partial charge on any atom is -0.504 e. The molecule has 0 spiro atoms. The molecular formula is C13H13N5O5. The fraction of sp³-hybridized carbons (Fsp3) is 0.154. The van der Waals surface area contributed by atoms with Gasteiger partial charge in [0, 0.05) is 0 Å². The van der Waals surface area contributed by atoms with Crippen LogP contribution in [0, 0.1) is 0 Å². The van der Waals surface area contributed by atoms with Gasteiger partial charge in [-0.1, -0.05) is 0 Å². The highest BCUT2D eigenvalue weighted by molar-refractivity contribution is 5.83. The van der Waals surface area contributed by atoms with Crippen LogP contribution in [0.1, 0.15) is 11.3 Å². The molecule has 1 heterocycles. The van der Waals surface area contributed by atoms with Gasteiger partial charge in [-0.15, -0.1) is 0 Å². The van der Waals surface area contributed by atoms with E-state index in [0.29, 0.717) is 5.56 Å². The molecule has 0 saturated heterocycles. The number of nitrogens with zero attached hydrogens (tertiary/aromatic N) is 2. The maximum Gasteiger partial charge on any atom is 0.342 e. The molecule has 0 atom stereocenters. The molecule has 0 fully saturated rings. The normalized spacial score (nSPS) is 10.7. The van der Waals surface area contributed by atoms with Gasteiger partial charge in [-0.2, -0.15) is 10.2 Å². The zero-order chi connectivity index (χ0) is 16.8. The van der Waals surface area contributed by atoms with E-state index in [1.807, 2.05) is 10.1 Å². The largest absolute Gasteiger partial charge is 0.504 e. The van der Waals surface area contributed by atoms with Crippen LogP contribution in [0.3, 0.4) is 0 Å². The van der Waals surface area contributed by atoms with Crippen molar-refractivity contribution in [3.8, 4) is 11.5 Å². The number of methoxy groups -OCH3 is 1. The van der Waals surface area contributed by atoms with Gasteiger partial charge in [0.05, 0.1) is 19.7 Å². The molecule has 4 N–H and O–H groups in total. The Morgan fingerprint density at radius 1 is 1.48 bits per heavy atom. The number of hydrazone groups is 1. The van der Waals surface area contributed by atoms with Crippen LogP contribution in [-0.2, 0) is 11.2 Å². The molecule has 10 nitrogen and oxygen atoms in total. The zero-order valence-electron chi connectivity index (χ0n) is 12.0. The Labute approximate surface area is 128 Å². The minimum absolute atomic E-state index is 0.0166. The van der Waals surface area contributed by atoms with Crippen LogP contribution in [0.4, 0.5) is 0 Å². The number of carbonyl (C=O) groups excluding carboxylic acids is 1. The van der Waals surface area contributed by atoms with E-state index in [0.717, 1.165) is 0 Å². The average Bonchev–Trinajstić information content (AvgIpc) is 2.52. The summed E-state index contributed by atoms with van der Waals surface area (Å²) in [5, 5.41) is 18.7. The number of rotatable bonds is 5. The fourth-order valence-corrected chi connectivity index (χ4v) is 1.64. The number of benzene rings is 1. The monoisotopic (exact) mass is 319 g/mol. The van der Waals surface area contributed by atoms with Crippen molar-refractivity contribution in [2.24, 2.45) is 5.10 Å². The van der Waals surface area contributed by atoms with Crippen molar-refractivity contribution in [1.82, 2.24) is 20.6 Å². The quantitative estimate of drug-likeness (QED) is 0.404. The highest BCUT2D eigenvalue weighted by Gasteiger charge is 2.08. The van der Waals surface area contributed by atoms with E-state index in [-0.39, 0.29) is 23.6 Å². The minimum atomic E-state index is -0.751. The van der Waals surface area contributed by atoms with Gasteiger partial charge in [-0.25, -0.2) is 15.3 Å². The molecule has 10 heteroatoms. The van der Waals surface area contributed by atoms with Gasteiger partial charge in [0.25, 0.3) is 5.56 Å². The second kappa shape index (κ2) is 7.02. The first-order chi connectivity index (χ1) is 11.0. The van der Waals surface area contributed by atoms with Crippen LogP contribution >= 0.6 is 0 Å². The van der Waals surface area contributed by atoms with E-state index in [1.165, 1.54) is 25.5 Å². The number of amides is 1. The Balaban J connectivity index is 1.98. The van der Waals surface area contributed by atoms with Gasteiger partial charge in [-0.05, 0) is 23.8 Å². The van der Waals surface area contributed by atoms with Gasteiger partial charge in [0.15, 0.2) is 11.5 Å². The number of phenols is 1. The lowest BCUT2D eigenvalue weighted by molar-refractivity contribution is -0.120. The predicted octanol–water partition coefficient (Wildman–Crippen LogP) is -1.13. The summed E-state index contributed by atoms with van der Waals surface area (Å²) in [6.45, 7) is 0. The predicted molar refractivity (Wildman–Crippen MR) is 79.6 cm³/mol. The van der Waals surface area contributed by atoms with Gasteiger partial charge >= 0.3 is 5.69 Å². The Morgan fingerprint density at radius 3 is 2.96 bits per heavy atom. The molecule has 0 aliphatic heterocycles. The molecule has 0 aliphatic carbocycles. The first kappa shape index (κ1) is 15.9. The molecule has 23 heavy (non-hydrogen) atoms. The lowest BCUT2D eigenvalue weighted by atomic mass is 10.2. The average molecular weight is 319 g/mol. The summed E-state index contributed by atoms with van der Waals surface area (Å²) in [6.07, 6.45) is 0.993. The SMILES string of the molecule is COc1cc(C=NNC(=O)Cc2n[nH]c(=O)[nH]c2=O)ccc1O. The first-order valence-corrected chi connectivity index (χ1v) is 6.36. The number of aromatic nitrogens is 3. The molecule has 0 radical (unpaired) electrons. The third kappa shape index (κ3) is 4.27. The summed E-state index contributed by atoms with van der Waals surface area (Å²) in [5.41, 5.74) is 1.17. The molecular weight excluding hydrogens is 306 g/mol. The van der Waals surface area contributed by atoms with Gasteiger partial charge < -0.3 is 9.84 Å². The number of ether oxygens (including phenoxy) is 1. The maximum absolute atomic E-state index is 11.6. The van der Waals surface area contributed by atoms with Crippen molar-refractivity contribution in [3.63, 3.8) is 0 Å². The summed E-state index contributed by atoms with van der Waals surface area (Å²) in [4.78, 5) is 35.8. The Hall–Kier alpha value is -3.43. The maximum atomic E-state index is 11.6. The van der Waals surface area contributed by atoms with Crippen LogP contribution in [0.25, 0.3) is 0 Å². The molecule has 2 aromatic rings. The molecule has 120 valence electrons. The number of phenolic OH excluding ortho intramolecular Hbond substituents is 1. The number of H-pyrrole nitrogens is 2. The highest BCUT2D eigenvalue weighted by Crippen LogP contribution is 2.25. The lowest BCUT2D eigenvalue weighted by Gasteiger charge is -2.03. The summed E-state index contributed by atoms with van der Waals surface area (Å²) in [5.74, 6) is -0.335. The number of hydrogen-bond acceptors (Lipinski definition) is 7. The second-order valence-electron chi connectivity index (χ2n) is 4.35. The van der Waals surface area contributed by atoms with Crippen LogP contribution in [0.15, 0.2) is 32.9 Å². The standard InChI is InChI=1S/C13H13N5O5/c1-23-10-4-7(2-3-9(10)19)6-14-17-11(20)5-8-12(21)15-13(22)18-16-8/h2-4,6,19H,5H2,1H3,(H,17,20)(H2,15,18,21,22). The molecule has 1 aromatic carbocycles. The second-order valence-corrected chi connectivity index (χ2v) is 4.35. The number of aromatic hydroxyl groups is 1. The Morgan fingerprint density at radius 2 is 2.26 bits per heavy atom. The summed E-state index contributed by atoms with van der Waals surface area (Å²) in [7, 11) is 1.41. The highest BCUT2D eigenvalue weighted by atomic mass is 16.5. The van der Waals surface area contributed by atoms with Crippen molar-refractivity contribution in [2.45, 2.75) is 6.42 Å². The summed E-state index contributed by atoms with van der Waals surface area (Å²) >= 11 is 0. The first-order valence-electron chi connectivity index (χ1n) is 6.36. The van der Waals surface area contributed by atoms with Crippen molar-refractivity contribution in [2.75, 3.05) is 7.11 Å². The van der Waals surface area contributed by atoms with E-state index in [4.69, 9.17) is 4.74 Å². The van der Waals surface area contributed by atoms with E-state index < -0.39 is 17.2 Å². The number of carbonyl (C=O) groups is 1. The van der Waals surface area contributed by atoms with E-state index in [2.05, 4.69) is 15.6 Å². The number of nitrogens with one attached hydrogen (secondary N) is 3. The molecule has 0 aliphatic rings. The Bertz CT molecular complexity index is 854. The van der Waals surface area contributed by atoms with E-state index in [1.54, 1.807) is 6.07 Å². The smallest absolute Gasteiger partial charge is 0.342 e. The molecule has 1 amide bonds. The van der Waals surface area contributed by atoms with Crippen molar-refractivity contribution < 1.29 is 14.6 Å². The van der Waals surface area contributed by atoms with Gasteiger partial charge in [0.1, 0.15) is 5.69 Å². The zero-order valence-corrected chi connectivity index (χ0v) is 12.0. The third-order valence-electron chi connectivity index (χ3n) is 2.72. The van der Waals surface area contributed by atoms with Crippen LogP contribution in [-0.4, -0.2) is 39.5 Å². The van der Waals surface area contributed by atoms with Gasteiger partial charge in [-0.3, -0.25) is 14.6 Å². The topological polar surface area (TPSA) is 150 Å². The van der Waals surface area contributed by atoms with Crippen LogP contribution in [0.5, 0.6) is 11.5 Å². The summed E-state index contributed by atoms with van der Waals surface area (Å²) < 4.78 is 4.94. The van der Waals surface area contributed by atoms with E-state index in [9.17, 15) is 19.5 Å². The van der Waals surface area contributed by atoms with Crippen molar-refractivity contribution in [1.29, 1.82) is 0 Å². The number of hydrogen-bond donors (Lipinski definition) is 4. The molecule has 1 aromatic heterocycles. The van der Waals surface area contributed by atoms with Crippen LogP contribution < -0.4 is 21.4 Å². The molecule has 2 rings (SSSR count). The van der Waals surface area contributed by atoms with Crippen LogP contribution in [0.2, 0.25) is 0 Å². The van der Waals surface area contributed by atoms with E-state index >= 15 is 0 Å². The molecule has 0 saturated carbocycles. The van der Waals surface area contributed by atoms with Gasteiger partial charge in [0.2, 0.25) is 5.91 Å². The molecule has 0 bridgehead atoms. The number of aromatic amines is 2. The molecule has 0 unspecified atom stereocenters. The summed E-state index contributed by atoms with van der Waals surface area (Å²) in [6, 6.07) is 4.52. The lowest BCUT2D eigenvalue weighted by Crippen LogP contribution is -2.31.